The largest absolute Gasteiger partial charge is 0.488 e. The van der Waals surface area contributed by atoms with E-state index in [0.29, 0.717) is 22.0 Å². The summed E-state index contributed by atoms with van der Waals surface area (Å²) in [5, 5.41) is 13.0. The number of urea groups is 1. The fourth-order valence-electron chi connectivity index (χ4n) is 4.64. The molecule has 0 spiro atoms. The summed E-state index contributed by atoms with van der Waals surface area (Å²) >= 11 is 5.90. The van der Waals surface area contributed by atoms with Crippen LogP contribution in [0.15, 0.2) is 71.6 Å². The van der Waals surface area contributed by atoms with Crippen LogP contribution in [-0.2, 0) is 21.2 Å². The van der Waals surface area contributed by atoms with Gasteiger partial charge in [0.25, 0.3) is 10.0 Å². The number of rotatable bonds is 8. The van der Waals surface area contributed by atoms with Gasteiger partial charge in [-0.1, -0.05) is 18.5 Å². The number of aliphatic hydroxyl groups is 1. The number of hydrogen-bond acceptors (Lipinski definition) is 6. The first-order valence-corrected chi connectivity index (χ1v) is 15.5. The number of anilines is 2. The number of sulfonamides is 1. The summed E-state index contributed by atoms with van der Waals surface area (Å²) in [5.41, 5.74) is 1.09. The van der Waals surface area contributed by atoms with E-state index in [-0.39, 0.29) is 48.5 Å². The molecule has 3 aromatic rings. The van der Waals surface area contributed by atoms with Gasteiger partial charge in [0.1, 0.15) is 17.7 Å². The molecule has 3 N–H and O–H groups in total. The Morgan fingerprint density at radius 3 is 2.44 bits per heavy atom. The zero-order valence-corrected chi connectivity index (χ0v) is 25.5. The lowest BCUT2D eigenvalue weighted by Crippen LogP contribution is -2.48. The number of likely N-dealkylation sites (N-methyl/N-ethyl adjacent to an activating group) is 1. The highest BCUT2D eigenvalue weighted by molar-refractivity contribution is 7.92. The van der Waals surface area contributed by atoms with E-state index >= 15 is 0 Å². The monoisotopic (exact) mass is 632 g/mol. The lowest BCUT2D eigenvalue weighted by molar-refractivity contribution is -0.134. The highest BCUT2D eigenvalue weighted by atomic mass is 35.5. The molecule has 0 bridgehead atoms. The van der Waals surface area contributed by atoms with Crippen LogP contribution in [0.1, 0.15) is 19.4 Å². The maximum Gasteiger partial charge on any atom is 0.321 e. The van der Waals surface area contributed by atoms with Crippen LogP contribution in [-0.4, -0.2) is 74.2 Å². The Hall–Kier alpha value is -3.87. The van der Waals surface area contributed by atoms with E-state index in [0.717, 1.165) is 0 Å². The standard InChI is InChI=1S/C30H34ClFN4O6S/c1-19-16-36(20(2)18-37)29(38)15-21-14-25(34-43(40,41)26-11-4-22(31)5-12-26)10-13-27(21)42-28(19)17-35(3)30(39)33-24-8-6-23(32)7-9-24/h4-14,19-20,28,34,37H,15-18H2,1-3H3,(H,33,39)/t19-,20-,28+/m0/s1. The number of hydrogen-bond donors (Lipinski definition) is 3. The first-order valence-electron chi connectivity index (χ1n) is 13.6. The van der Waals surface area contributed by atoms with Crippen LogP contribution in [0.2, 0.25) is 5.02 Å². The number of nitrogens with one attached hydrogen (secondary N) is 2. The molecule has 3 amide bonds. The van der Waals surface area contributed by atoms with Gasteiger partial charge < -0.3 is 25.0 Å². The molecule has 0 saturated carbocycles. The third-order valence-corrected chi connectivity index (χ3v) is 8.84. The molecule has 1 aliphatic heterocycles. The van der Waals surface area contributed by atoms with E-state index in [9.17, 15) is 27.5 Å². The van der Waals surface area contributed by atoms with Crippen molar-refractivity contribution >= 4 is 44.9 Å². The molecule has 43 heavy (non-hydrogen) atoms. The molecule has 3 aromatic carbocycles. The minimum absolute atomic E-state index is 0.0200. The van der Waals surface area contributed by atoms with E-state index in [1.807, 2.05) is 6.92 Å². The minimum atomic E-state index is -3.94. The highest BCUT2D eigenvalue weighted by Gasteiger charge is 2.32. The second-order valence-corrected chi connectivity index (χ2v) is 12.7. The van der Waals surface area contributed by atoms with Crippen molar-refractivity contribution in [1.82, 2.24) is 9.80 Å². The Morgan fingerprint density at radius 1 is 1.14 bits per heavy atom. The number of nitrogens with zero attached hydrogens (tertiary/aromatic N) is 2. The molecule has 230 valence electrons. The first kappa shape index (κ1) is 32.1. The summed E-state index contributed by atoms with van der Waals surface area (Å²) < 4.78 is 48.2. The topological polar surface area (TPSA) is 128 Å². The van der Waals surface area contributed by atoms with Crippen molar-refractivity contribution < 1.29 is 32.2 Å². The zero-order valence-electron chi connectivity index (χ0n) is 24.0. The summed E-state index contributed by atoms with van der Waals surface area (Å²) in [6, 6.07) is 14.9. The van der Waals surface area contributed by atoms with E-state index in [4.69, 9.17) is 16.3 Å². The quantitative estimate of drug-likeness (QED) is 0.333. The molecule has 3 atom stereocenters. The average Bonchev–Trinajstić information content (AvgIpc) is 3.01. The molecule has 13 heteroatoms. The predicted octanol–water partition coefficient (Wildman–Crippen LogP) is 4.59. The van der Waals surface area contributed by atoms with E-state index in [1.165, 1.54) is 59.5 Å². The van der Waals surface area contributed by atoms with E-state index < -0.39 is 34.0 Å². The Balaban J connectivity index is 1.61. The van der Waals surface area contributed by atoms with Crippen molar-refractivity contribution in [1.29, 1.82) is 0 Å². The van der Waals surface area contributed by atoms with Crippen LogP contribution in [0.3, 0.4) is 0 Å². The van der Waals surface area contributed by atoms with Gasteiger partial charge in [-0.15, -0.1) is 0 Å². The van der Waals surface area contributed by atoms with Crippen LogP contribution < -0.4 is 14.8 Å². The maximum atomic E-state index is 13.4. The smallest absolute Gasteiger partial charge is 0.321 e. The number of carbonyl (C=O) groups excluding carboxylic acids is 2. The van der Waals surface area contributed by atoms with Crippen molar-refractivity contribution in [3.63, 3.8) is 0 Å². The summed E-state index contributed by atoms with van der Waals surface area (Å²) in [4.78, 5) is 29.4. The van der Waals surface area contributed by atoms with Crippen molar-refractivity contribution in [3.05, 3.63) is 83.1 Å². The third kappa shape index (κ3) is 8.15. The van der Waals surface area contributed by atoms with Crippen molar-refractivity contribution in [2.45, 2.75) is 37.3 Å². The lowest BCUT2D eigenvalue weighted by atomic mass is 10.0. The third-order valence-electron chi connectivity index (χ3n) is 7.19. The first-order chi connectivity index (χ1) is 20.4. The second kappa shape index (κ2) is 13.6. The number of benzene rings is 3. The minimum Gasteiger partial charge on any atom is -0.488 e. The van der Waals surface area contributed by atoms with Gasteiger partial charge in [0.15, 0.2) is 0 Å². The van der Waals surface area contributed by atoms with Gasteiger partial charge in [0.05, 0.1) is 30.5 Å². The molecule has 1 aliphatic rings. The van der Waals surface area contributed by atoms with Crippen molar-refractivity contribution in [2.75, 3.05) is 36.8 Å². The van der Waals surface area contributed by atoms with Crippen LogP contribution >= 0.6 is 11.6 Å². The average molecular weight is 633 g/mol. The molecule has 0 saturated heterocycles. The molecule has 0 fully saturated rings. The van der Waals surface area contributed by atoms with Crippen LogP contribution in [0.5, 0.6) is 5.75 Å². The number of halogens is 2. The second-order valence-electron chi connectivity index (χ2n) is 10.6. The SMILES string of the molecule is C[C@H]1CN([C@@H](C)CO)C(=O)Cc2cc(NS(=O)(=O)c3ccc(Cl)cc3)ccc2O[C@@H]1CN(C)C(=O)Nc1ccc(F)cc1. The fraction of sp³-hybridized carbons (Fsp3) is 0.333. The Morgan fingerprint density at radius 2 is 1.79 bits per heavy atom. The van der Waals surface area contributed by atoms with Gasteiger partial charge >= 0.3 is 6.03 Å². The van der Waals surface area contributed by atoms with E-state index in [1.54, 1.807) is 31.0 Å². The molecule has 4 rings (SSSR count). The van der Waals surface area contributed by atoms with Gasteiger partial charge in [0.2, 0.25) is 5.91 Å². The molecule has 1 heterocycles. The van der Waals surface area contributed by atoms with Crippen LogP contribution in [0.25, 0.3) is 0 Å². The number of amides is 3. The van der Waals surface area contributed by atoms with E-state index in [2.05, 4.69) is 10.0 Å². The summed E-state index contributed by atoms with van der Waals surface area (Å²) in [6.45, 7) is 3.76. The van der Waals surface area contributed by atoms with Gasteiger partial charge in [0, 0.05) is 41.5 Å². The van der Waals surface area contributed by atoms with Crippen molar-refractivity contribution in [2.24, 2.45) is 5.92 Å². The molecule has 0 radical (unpaired) electrons. The van der Waals surface area contributed by atoms with Gasteiger partial charge in [-0.3, -0.25) is 9.52 Å². The number of ether oxygens (including phenoxy) is 1. The normalized spacial score (nSPS) is 17.9. The number of fused-ring (bicyclic) bond motifs is 1. The van der Waals surface area contributed by atoms with Gasteiger partial charge in [-0.25, -0.2) is 17.6 Å². The fourth-order valence-corrected chi connectivity index (χ4v) is 5.82. The van der Waals surface area contributed by atoms with Crippen molar-refractivity contribution in [3.8, 4) is 5.75 Å². The molecular weight excluding hydrogens is 599 g/mol. The summed E-state index contributed by atoms with van der Waals surface area (Å²) in [6.07, 6.45) is -0.685. The number of carbonyl (C=O) groups is 2. The molecule has 0 unspecified atom stereocenters. The highest BCUT2D eigenvalue weighted by Crippen LogP contribution is 2.30. The Bertz CT molecular complexity index is 1560. The lowest BCUT2D eigenvalue weighted by Gasteiger charge is -2.34. The summed E-state index contributed by atoms with van der Waals surface area (Å²) in [7, 11) is -2.35. The molecule has 0 aromatic heterocycles. The molecule has 10 nitrogen and oxygen atoms in total. The zero-order chi connectivity index (χ0) is 31.3. The van der Waals surface area contributed by atoms with Crippen LogP contribution in [0.4, 0.5) is 20.6 Å². The van der Waals surface area contributed by atoms with Gasteiger partial charge in [-0.05, 0) is 73.7 Å². The maximum absolute atomic E-state index is 13.4. The Kier molecular flexibility index (Phi) is 10.2. The molecule has 0 aliphatic carbocycles. The van der Waals surface area contributed by atoms with Crippen LogP contribution in [0, 0.1) is 11.7 Å². The Labute approximate surface area is 255 Å². The summed E-state index contributed by atoms with van der Waals surface area (Å²) in [5.74, 6) is -0.590. The van der Waals surface area contributed by atoms with Gasteiger partial charge in [-0.2, -0.15) is 0 Å². The number of aliphatic hydroxyl groups excluding tert-OH is 1. The predicted molar refractivity (Wildman–Crippen MR) is 162 cm³/mol. The molecular formula is C30H34ClFN4O6S.